The van der Waals surface area contributed by atoms with Crippen LogP contribution in [0.2, 0.25) is 0 Å². The van der Waals surface area contributed by atoms with E-state index in [1.807, 2.05) is 12.1 Å². The molecular weight excluding hydrogens is 257 g/mol. The zero-order valence-electron chi connectivity index (χ0n) is 11.7. The molecule has 4 heteroatoms. The fourth-order valence-corrected chi connectivity index (χ4v) is 3.30. The van der Waals surface area contributed by atoms with Crippen LogP contribution < -0.4 is 4.90 Å². The Balaban J connectivity index is 1.85. The maximum Gasteiger partial charge on any atom is 0.146 e. The fraction of sp³-hybridized carbons (Fsp3) is 0.625. The highest BCUT2D eigenvalue weighted by atomic mass is 19.1. The molecule has 0 radical (unpaired) electrons. The van der Waals surface area contributed by atoms with Crippen LogP contribution in [0.1, 0.15) is 25.7 Å². The molecule has 1 N–H and O–H groups in total. The Morgan fingerprint density at radius 2 is 1.95 bits per heavy atom. The molecule has 0 atom stereocenters. The maximum atomic E-state index is 14.2. The van der Waals surface area contributed by atoms with Gasteiger partial charge in [0.05, 0.1) is 30.9 Å². The number of aliphatic hydroxyl groups excluding tert-OH is 1. The summed E-state index contributed by atoms with van der Waals surface area (Å²) < 4.78 is 19.4. The van der Waals surface area contributed by atoms with Crippen molar-refractivity contribution in [3.05, 3.63) is 30.1 Å². The van der Waals surface area contributed by atoms with Gasteiger partial charge >= 0.3 is 0 Å². The van der Waals surface area contributed by atoms with Crippen molar-refractivity contribution in [2.75, 3.05) is 31.3 Å². The van der Waals surface area contributed by atoms with Crippen LogP contribution in [-0.4, -0.2) is 37.5 Å². The highest BCUT2D eigenvalue weighted by molar-refractivity contribution is 5.49. The molecule has 0 amide bonds. The zero-order chi connectivity index (χ0) is 14.0. The molecule has 2 fully saturated rings. The monoisotopic (exact) mass is 279 g/mol. The second-order valence-corrected chi connectivity index (χ2v) is 6.17. The summed E-state index contributed by atoms with van der Waals surface area (Å²) in [4.78, 5) is 2.17. The van der Waals surface area contributed by atoms with Crippen LogP contribution in [0, 0.1) is 11.2 Å². The van der Waals surface area contributed by atoms with E-state index >= 15 is 0 Å². The third kappa shape index (κ3) is 2.54. The molecular formula is C16H22FNO2. The summed E-state index contributed by atoms with van der Waals surface area (Å²) in [6.45, 7) is 1.92. The molecule has 3 nitrogen and oxygen atoms in total. The summed E-state index contributed by atoms with van der Waals surface area (Å²) in [7, 11) is 0. The van der Waals surface area contributed by atoms with Gasteiger partial charge in [0.2, 0.25) is 0 Å². The largest absolute Gasteiger partial charge is 0.396 e. The van der Waals surface area contributed by atoms with Crippen molar-refractivity contribution >= 4 is 5.69 Å². The number of benzene rings is 1. The molecule has 1 saturated carbocycles. The van der Waals surface area contributed by atoms with Gasteiger partial charge in [-0.25, -0.2) is 4.39 Å². The van der Waals surface area contributed by atoms with Crippen LogP contribution in [0.25, 0.3) is 0 Å². The molecule has 1 aliphatic carbocycles. The van der Waals surface area contributed by atoms with Crippen molar-refractivity contribution < 1.29 is 14.2 Å². The van der Waals surface area contributed by atoms with E-state index in [1.165, 1.54) is 18.9 Å². The first kappa shape index (κ1) is 13.8. The SMILES string of the molecule is OCC1(CN(c2ccccc2F)C2CCCC2)COC1. The van der Waals surface area contributed by atoms with E-state index in [0.29, 0.717) is 31.5 Å². The Bertz CT molecular complexity index is 450. The van der Waals surface area contributed by atoms with Gasteiger partial charge in [0.1, 0.15) is 5.82 Å². The lowest BCUT2D eigenvalue weighted by molar-refractivity contribution is -0.131. The molecule has 0 aromatic heterocycles. The van der Waals surface area contributed by atoms with E-state index in [4.69, 9.17) is 4.74 Å². The Hall–Kier alpha value is -1.13. The highest BCUT2D eigenvalue weighted by Gasteiger charge is 2.41. The number of nitrogens with zero attached hydrogens (tertiary/aromatic N) is 1. The number of aliphatic hydroxyl groups is 1. The van der Waals surface area contributed by atoms with Crippen molar-refractivity contribution in [2.45, 2.75) is 31.7 Å². The predicted octanol–water partition coefficient (Wildman–Crippen LogP) is 2.58. The average molecular weight is 279 g/mol. The second-order valence-electron chi connectivity index (χ2n) is 6.17. The Labute approximate surface area is 119 Å². The van der Waals surface area contributed by atoms with Crippen LogP contribution in [0.3, 0.4) is 0 Å². The van der Waals surface area contributed by atoms with E-state index in [9.17, 15) is 9.50 Å². The zero-order valence-corrected chi connectivity index (χ0v) is 11.7. The van der Waals surface area contributed by atoms with Crippen LogP contribution in [-0.2, 0) is 4.74 Å². The molecule has 1 aliphatic heterocycles. The number of para-hydroxylation sites is 1. The van der Waals surface area contributed by atoms with Crippen LogP contribution in [0.15, 0.2) is 24.3 Å². The summed E-state index contributed by atoms with van der Waals surface area (Å²) in [6.07, 6.45) is 4.63. The first-order valence-corrected chi connectivity index (χ1v) is 7.44. The molecule has 110 valence electrons. The van der Waals surface area contributed by atoms with E-state index in [0.717, 1.165) is 12.8 Å². The molecule has 3 rings (SSSR count). The molecule has 1 aromatic rings. The van der Waals surface area contributed by atoms with Crippen molar-refractivity contribution in [3.63, 3.8) is 0 Å². The van der Waals surface area contributed by atoms with Crippen molar-refractivity contribution in [2.24, 2.45) is 5.41 Å². The quantitative estimate of drug-likeness (QED) is 0.899. The number of hydrogen-bond donors (Lipinski definition) is 1. The maximum absolute atomic E-state index is 14.2. The third-order valence-electron chi connectivity index (χ3n) is 4.59. The number of hydrogen-bond acceptors (Lipinski definition) is 3. The summed E-state index contributed by atoms with van der Waals surface area (Å²) in [6, 6.07) is 7.35. The molecule has 1 heterocycles. The van der Waals surface area contributed by atoms with Crippen molar-refractivity contribution in [1.29, 1.82) is 0 Å². The lowest BCUT2D eigenvalue weighted by atomic mass is 9.85. The molecule has 2 aliphatic rings. The van der Waals surface area contributed by atoms with Gasteiger partial charge in [-0.05, 0) is 25.0 Å². The normalized spacial score (nSPS) is 21.7. The van der Waals surface area contributed by atoms with Gasteiger partial charge in [-0.3, -0.25) is 0 Å². The molecule has 0 spiro atoms. The fourth-order valence-electron chi connectivity index (χ4n) is 3.30. The van der Waals surface area contributed by atoms with Gasteiger partial charge in [0.25, 0.3) is 0 Å². The smallest absolute Gasteiger partial charge is 0.146 e. The predicted molar refractivity (Wildman–Crippen MR) is 76.3 cm³/mol. The van der Waals surface area contributed by atoms with E-state index in [1.54, 1.807) is 6.07 Å². The molecule has 0 bridgehead atoms. The molecule has 1 saturated heterocycles. The first-order valence-electron chi connectivity index (χ1n) is 7.44. The lowest BCUT2D eigenvalue weighted by Crippen LogP contribution is -2.55. The third-order valence-corrected chi connectivity index (χ3v) is 4.59. The van der Waals surface area contributed by atoms with E-state index < -0.39 is 0 Å². The van der Waals surface area contributed by atoms with Crippen LogP contribution >= 0.6 is 0 Å². The van der Waals surface area contributed by atoms with Gasteiger partial charge in [-0.2, -0.15) is 0 Å². The van der Waals surface area contributed by atoms with Gasteiger partial charge in [-0.1, -0.05) is 25.0 Å². The topological polar surface area (TPSA) is 32.7 Å². The summed E-state index contributed by atoms with van der Waals surface area (Å²) in [5.74, 6) is -0.173. The van der Waals surface area contributed by atoms with Crippen LogP contribution in [0.4, 0.5) is 10.1 Å². The standard InChI is InChI=1S/C16H22FNO2/c17-14-7-3-4-8-15(14)18(13-5-1-2-6-13)9-16(10-19)11-20-12-16/h3-4,7-8,13,19H,1-2,5-6,9-12H2. The van der Waals surface area contributed by atoms with Gasteiger partial charge < -0.3 is 14.7 Å². The Morgan fingerprint density at radius 1 is 1.25 bits per heavy atom. The second kappa shape index (κ2) is 5.70. The van der Waals surface area contributed by atoms with Crippen molar-refractivity contribution in [3.8, 4) is 0 Å². The minimum atomic E-state index is -0.217. The van der Waals surface area contributed by atoms with Gasteiger partial charge in [0, 0.05) is 12.6 Å². The number of anilines is 1. The van der Waals surface area contributed by atoms with E-state index in [-0.39, 0.29) is 17.8 Å². The molecule has 1 aromatic carbocycles. The Morgan fingerprint density at radius 3 is 2.50 bits per heavy atom. The number of ether oxygens (including phenoxy) is 1. The lowest BCUT2D eigenvalue weighted by Gasteiger charge is -2.45. The number of halogens is 1. The molecule has 0 unspecified atom stereocenters. The highest BCUT2D eigenvalue weighted by Crippen LogP contribution is 2.35. The Kier molecular flexibility index (Phi) is 3.94. The van der Waals surface area contributed by atoms with Gasteiger partial charge in [-0.15, -0.1) is 0 Å². The van der Waals surface area contributed by atoms with E-state index in [2.05, 4.69) is 4.90 Å². The summed E-state index contributed by atoms with van der Waals surface area (Å²) in [5, 5.41) is 9.64. The summed E-state index contributed by atoms with van der Waals surface area (Å²) in [5.41, 5.74) is 0.448. The first-order chi connectivity index (χ1) is 9.74. The van der Waals surface area contributed by atoms with Gasteiger partial charge in [0.15, 0.2) is 0 Å². The number of rotatable bonds is 5. The van der Waals surface area contributed by atoms with Crippen LogP contribution in [0.5, 0.6) is 0 Å². The minimum absolute atomic E-state index is 0.102. The van der Waals surface area contributed by atoms with Crippen molar-refractivity contribution in [1.82, 2.24) is 0 Å². The average Bonchev–Trinajstić information content (AvgIpc) is 2.94. The minimum Gasteiger partial charge on any atom is -0.396 e. The molecule has 20 heavy (non-hydrogen) atoms. The summed E-state index contributed by atoms with van der Waals surface area (Å²) >= 11 is 0.